The lowest BCUT2D eigenvalue weighted by molar-refractivity contribution is 0.00427. The first-order valence-corrected chi connectivity index (χ1v) is 10.4. The lowest BCUT2D eigenvalue weighted by Gasteiger charge is -2.35. The first-order valence-electron chi connectivity index (χ1n) is 10.4. The van der Waals surface area contributed by atoms with E-state index in [1.54, 1.807) is 0 Å². The molecule has 2 heteroatoms. The highest BCUT2D eigenvalue weighted by Crippen LogP contribution is 2.44. The molecule has 1 aliphatic heterocycles. The highest BCUT2D eigenvalue weighted by molar-refractivity contribution is 5.47. The van der Waals surface area contributed by atoms with Crippen LogP contribution in [-0.2, 0) is 15.1 Å². The number of ether oxygens (including phenoxy) is 2. The highest BCUT2D eigenvalue weighted by Gasteiger charge is 2.44. The van der Waals surface area contributed by atoms with Crippen LogP contribution in [0.25, 0.3) is 0 Å². The molecule has 4 aromatic rings. The van der Waals surface area contributed by atoms with Crippen molar-refractivity contribution in [2.24, 2.45) is 0 Å². The van der Waals surface area contributed by atoms with Crippen LogP contribution >= 0.6 is 0 Å². The normalized spacial score (nSPS) is 18.1. The molecule has 30 heavy (non-hydrogen) atoms. The second-order valence-corrected chi connectivity index (χ2v) is 7.60. The van der Waals surface area contributed by atoms with Crippen molar-refractivity contribution >= 4 is 0 Å². The zero-order valence-electron chi connectivity index (χ0n) is 16.7. The van der Waals surface area contributed by atoms with Gasteiger partial charge in [-0.2, -0.15) is 0 Å². The summed E-state index contributed by atoms with van der Waals surface area (Å²) in [7, 11) is 0. The Hall–Kier alpha value is -3.20. The summed E-state index contributed by atoms with van der Waals surface area (Å²) in [6.07, 6.45) is 0.161. The van der Waals surface area contributed by atoms with Crippen LogP contribution in [0.1, 0.15) is 28.4 Å². The van der Waals surface area contributed by atoms with Gasteiger partial charge in [-0.15, -0.1) is 0 Å². The van der Waals surface area contributed by atoms with Crippen molar-refractivity contribution in [2.45, 2.75) is 17.8 Å². The maximum atomic E-state index is 6.84. The molecule has 0 bridgehead atoms. The van der Waals surface area contributed by atoms with Crippen LogP contribution in [0, 0.1) is 0 Å². The lowest BCUT2D eigenvalue weighted by Crippen LogP contribution is -2.34. The van der Waals surface area contributed by atoms with E-state index in [9.17, 15) is 0 Å². The Labute approximate surface area is 177 Å². The van der Waals surface area contributed by atoms with Crippen molar-refractivity contribution in [3.05, 3.63) is 144 Å². The van der Waals surface area contributed by atoms with Crippen LogP contribution in [0.3, 0.4) is 0 Å². The highest BCUT2D eigenvalue weighted by atomic mass is 16.6. The third kappa shape index (κ3) is 3.56. The molecule has 0 aromatic heterocycles. The summed E-state index contributed by atoms with van der Waals surface area (Å²) >= 11 is 0. The van der Waals surface area contributed by atoms with E-state index in [0.29, 0.717) is 6.61 Å². The van der Waals surface area contributed by atoms with Gasteiger partial charge in [0.15, 0.2) is 0 Å². The van der Waals surface area contributed by atoms with E-state index in [1.165, 1.54) is 5.56 Å². The van der Waals surface area contributed by atoms with Gasteiger partial charge in [0.05, 0.1) is 6.61 Å². The maximum absolute atomic E-state index is 6.84. The number of benzene rings is 4. The minimum absolute atomic E-state index is 0.0583. The standard InChI is InChI=1S/C28H24O2/c1-5-13-22(14-6-1)27-26(30-27)21-29-28(23-15-7-2-8-16-23,24-17-9-3-10-18-24)25-19-11-4-12-20-25/h1-20,26-27H,21H2/t26-,27-/m0/s1. The first kappa shape index (κ1) is 18.8. The predicted molar refractivity (Wildman–Crippen MR) is 119 cm³/mol. The fourth-order valence-electron chi connectivity index (χ4n) is 4.18. The van der Waals surface area contributed by atoms with E-state index in [4.69, 9.17) is 9.47 Å². The van der Waals surface area contributed by atoms with Crippen LogP contribution < -0.4 is 0 Å². The van der Waals surface area contributed by atoms with Crippen LogP contribution in [-0.4, -0.2) is 12.7 Å². The summed E-state index contributed by atoms with van der Waals surface area (Å²) in [5.74, 6) is 0. The Morgan fingerprint density at radius 3 is 1.40 bits per heavy atom. The van der Waals surface area contributed by atoms with Gasteiger partial charge in [-0.25, -0.2) is 0 Å². The summed E-state index contributed by atoms with van der Waals surface area (Å²) in [6, 6.07) is 41.8. The molecule has 0 unspecified atom stereocenters. The van der Waals surface area contributed by atoms with Crippen molar-refractivity contribution in [2.75, 3.05) is 6.61 Å². The average molecular weight is 392 g/mol. The van der Waals surface area contributed by atoms with E-state index >= 15 is 0 Å². The van der Waals surface area contributed by atoms with Crippen LogP contribution in [0.5, 0.6) is 0 Å². The topological polar surface area (TPSA) is 21.8 Å². The van der Waals surface area contributed by atoms with Crippen LogP contribution in [0.4, 0.5) is 0 Å². The second-order valence-electron chi connectivity index (χ2n) is 7.60. The number of hydrogen-bond acceptors (Lipinski definition) is 2. The van der Waals surface area contributed by atoms with Crippen molar-refractivity contribution < 1.29 is 9.47 Å². The van der Waals surface area contributed by atoms with Crippen molar-refractivity contribution in [1.82, 2.24) is 0 Å². The molecular weight excluding hydrogens is 368 g/mol. The van der Waals surface area contributed by atoms with Crippen molar-refractivity contribution in [1.29, 1.82) is 0 Å². The molecule has 1 aliphatic rings. The van der Waals surface area contributed by atoms with Gasteiger partial charge in [0.1, 0.15) is 17.8 Å². The molecule has 0 saturated carbocycles. The Balaban J connectivity index is 1.53. The predicted octanol–water partition coefficient (Wildman–Crippen LogP) is 6.14. The molecule has 0 radical (unpaired) electrons. The summed E-state index contributed by atoms with van der Waals surface area (Å²) in [5.41, 5.74) is 3.84. The summed E-state index contributed by atoms with van der Waals surface area (Å²) in [5, 5.41) is 0. The van der Waals surface area contributed by atoms with Crippen LogP contribution in [0.2, 0.25) is 0 Å². The lowest BCUT2D eigenvalue weighted by atomic mass is 9.80. The zero-order valence-corrected chi connectivity index (χ0v) is 16.7. The molecule has 148 valence electrons. The van der Waals surface area contributed by atoms with Crippen molar-refractivity contribution in [3.8, 4) is 0 Å². The van der Waals surface area contributed by atoms with Crippen LogP contribution in [0.15, 0.2) is 121 Å². The first-order chi connectivity index (χ1) is 14.9. The molecule has 4 aromatic carbocycles. The molecule has 2 nitrogen and oxygen atoms in total. The molecule has 1 saturated heterocycles. The van der Waals surface area contributed by atoms with Gasteiger partial charge in [-0.3, -0.25) is 0 Å². The Bertz CT molecular complexity index is 966. The molecule has 0 aliphatic carbocycles. The molecule has 0 amide bonds. The number of hydrogen-bond donors (Lipinski definition) is 0. The van der Waals surface area contributed by atoms with Gasteiger partial charge in [-0.05, 0) is 22.3 Å². The smallest absolute Gasteiger partial charge is 0.143 e. The van der Waals surface area contributed by atoms with E-state index < -0.39 is 5.60 Å². The summed E-state index contributed by atoms with van der Waals surface area (Å²) < 4.78 is 12.8. The molecule has 1 fully saturated rings. The molecule has 0 spiro atoms. The Morgan fingerprint density at radius 1 is 0.567 bits per heavy atom. The number of epoxide rings is 1. The van der Waals surface area contributed by atoms with Gasteiger partial charge >= 0.3 is 0 Å². The number of rotatable bonds is 7. The minimum atomic E-state index is -0.697. The van der Waals surface area contributed by atoms with Gasteiger partial charge in [0.25, 0.3) is 0 Å². The second kappa shape index (κ2) is 8.27. The molecule has 5 rings (SSSR count). The van der Waals surface area contributed by atoms with E-state index in [2.05, 4.69) is 97.1 Å². The third-order valence-electron chi connectivity index (χ3n) is 5.72. The quantitative estimate of drug-likeness (QED) is 0.278. The summed E-state index contributed by atoms with van der Waals surface area (Å²) in [4.78, 5) is 0. The minimum Gasteiger partial charge on any atom is -0.362 e. The average Bonchev–Trinajstić information content (AvgIpc) is 3.62. The van der Waals surface area contributed by atoms with Gasteiger partial charge in [0.2, 0.25) is 0 Å². The third-order valence-corrected chi connectivity index (χ3v) is 5.72. The Morgan fingerprint density at radius 2 is 0.967 bits per heavy atom. The fraction of sp³-hybridized carbons (Fsp3) is 0.143. The van der Waals surface area contributed by atoms with E-state index in [0.717, 1.165) is 16.7 Å². The molecule has 2 atom stereocenters. The van der Waals surface area contributed by atoms with Crippen molar-refractivity contribution in [3.63, 3.8) is 0 Å². The maximum Gasteiger partial charge on any atom is 0.143 e. The monoisotopic (exact) mass is 392 g/mol. The van der Waals surface area contributed by atoms with Gasteiger partial charge < -0.3 is 9.47 Å². The van der Waals surface area contributed by atoms with E-state index in [1.807, 2.05) is 24.3 Å². The van der Waals surface area contributed by atoms with Gasteiger partial charge in [0, 0.05) is 0 Å². The molecule has 0 N–H and O–H groups in total. The Kier molecular flexibility index (Phi) is 5.18. The van der Waals surface area contributed by atoms with Gasteiger partial charge in [-0.1, -0.05) is 121 Å². The molecular formula is C28H24O2. The SMILES string of the molecule is c1ccc([C@@H]2O[C@H]2COC(c2ccccc2)(c2ccccc2)c2ccccc2)cc1. The largest absolute Gasteiger partial charge is 0.362 e. The zero-order chi connectivity index (χ0) is 20.2. The van der Waals surface area contributed by atoms with E-state index in [-0.39, 0.29) is 12.2 Å². The fourth-order valence-corrected chi connectivity index (χ4v) is 4.18. The molecule has 1 heterocycles. The summed E-state index contributed by atoms with van der Waals surface area (Å²) in [6.45, 7) is 0.512.